The Bertz CT molecular complexity index is 458. The molecular weight excluding hydrogens is 369 g/mol. The first-order valence-electron chi connectivity index (χ1n) is 7.52. The fraction of sp³-hybridized carbons (Fsp3) is 0.625. The molecule has 1 aromatic rings. The molecule has 1 aromatic carbocycles. The third-order valence-corrected chi connectivity index (χ3v) is 7.49. The third kappa shape index (κ3) is 5.15. The van der Waals surface area contributed by atoms with E-state index in [4.69, 9.17) is 0 Å². The predicted molar refractivity (Wildman–Crippen MR) is 98.1 cm³/mol. The molecule has 0 saturated carbocycles. The summed E-state index contributed by atoms with van der Waals surface area (Å²) >= 11 is 7.41. The molecule has 118 valence electrons. The van der Waals surface area contributed by atoms with Crippen LogP contribution >= 0.6 is 39.5 Å². The SMILES string of the molecule is CCCNC(Cc1ccc(Br)cc1F)C1SCCSC1C. The minimum Gasteiger partial charge on any atom is -0.313 e. The van der Waals surface area contributed by atoms with Crippen LogP contribution in [-0.2, 0) is 6.42 Å². The molecule has 0 bridgehead atoms. The second-order valence-electron chi connectivity index (χ2n) is 5.41. The van der Waals surface area contributed by atoms with Gasteiger partial charge < -0.3 is 5.32 Å². The molecule has 1 saturated heterocycles. The zero-order valence-corrected chi connectivity index (χ0v) is 15.8. The second kappa shape index (κ2) is 8.80. The van der Waals surface area contributed by atoms with Crippen molar-refractivity contribution in [2.75, 3.05) is 18.1 Å². The van der Waals surface area contributed by atoms with E-state index in [0.29, 0.717) is 16.5 Å². The fourth-order valence-corrected chi connectivity index (χ4v) is 5.94. The minimum absolute atomic E-state index is 0.103. The van der Waals surface area contributed by atoms with Gasteiger partial charge in [-0.3, -0.25) is 0 Å². The molecule has 5 heteroatoms. The highest BCUT2D eigenvalue weighted by Gasteiger charge is 2.30. The van der Waals surface area contributed by atoms with Gasteiger partial charge in [0.05, 0.1) is 0 Å². The maximum atomic E-state index is 14.1. The lowest BCUT2D eigenvalue weighted by atomic mass is 10.0. The third-order valence-electron chi connectivity index (χ3n) is 3.75. The molecule has 0 amide bonds. The van der Waals surface area contributed by atoms with Crippen LogP contribution in [0.3, 0.4) is 0 Å². The molecule has 3 atom stereocenters. The summed E-state index contributed by atoms with van der Waals surface area (Å²) in [6.45, 7) is 5.48. The van der Waals surface area contributed by atoms with E-state index in [9.17, 15) is 4.39 Å². The highest BCUT2D eigenvalue weighted by Crippen LogP contribution is 2.34. The highest BCUT2D eigenvalue weighted by atomic mass is 79.9. The first-order valence-corrected chi connectivity index (χ1v) is 10.4. The topological polar surface area (TPSA) is 12.0 Å². The van der Waals surface area contributed by atoms with Crippen LogP contribution in [0.15, 0.2) is 22.7 Å². The molecule has 1 heterocycles. The second-order valence-corrected chi connectivity index (χ2v) is 9.10. The number of hydrogen-bond acceptors (Lipinski definition) is 3. The van der Waals surface area contributed by atoms with Crippen LogP contribution in [0.2, 0.25) is 0 Å². The summed E-state index contributed by atoms with van der Waals surface area (Å²) in [7, 11) is 0. The molecule has 21 heavy (non-hydrogen) atoms. The zero-order valence-electron chi connectivity index (χ0n) is 12.6. The summed E-state index contributed by atoms with van der Waals surface area (Å²) in [5.41, 5.74) is 0.815. The van der Waals surface area contributed by atoms with Gasteiger partial charge in [-0.1, -0.05) is 35.8 Å². The van der Waals surface area contributed by atoms with Crippen LogP contribution in [0.1, 0.15) is 25.8 Å². The summed E-state index contributed by atoms with van der Waals surface area (Å²) < 4.78 is 14.9. The van der Waals surface area contributed by atoms with Crippen LogP contribution in [0.25, 0.3) is 0 Å². The van der Waals surface area contributed by atoms with Gasteiger partial charge in [-0.2, -0.15) is 23.5 Å². The molecule has 0 radical (unpaired) electrons. The van der Waals surface area contributed by atoms with Gasteiger partial charge in [0.2, 0.25) is 0 Å². The maximum Gasteiger partial charge on any atom is 0.127 e. The van der Waals surface area contributed by atoms with Crippen molar-refractivity contribution in [3.05, 3.63) is 34.1 Å². The molecule has 1 N–H and O–H groups in total. The first kappa shape index (κ1) is 17.6. The lowest BCUT2D eigenvalue weighted by molar-refractivity contribution is 0.476. The zero-order chi connectivity index (χ0) is 15.2. The summed E-state index contributed by atoms with van der Waals surface area (Å²) in [6, 6.07) is 5.75. The molecule has 1 nitrogen and oxygen atoms in total. The maximum absolute atomic E-state index is 14.1. The molecule has 1 fully saturated rings. The number of benzene rings is 1. The molecule has 2 rings (SSSR count). The Morgan fingerprint density at radius 1 is 1.38 bits per heavy atom. The summed E-state index contributed by atoms with van der Waals surface area (Å²) in [5.74, 6) is 2.33. The van der Waals surface area contributed by atoms with Crippen molar-refractivity contribution < 1.29 is 4.39 Å². The average Bonchev–Trinajstić information content (AvgIpc) is 2.46. The van der Waals surface area contributed by atoms with Crippen LogP contribution in [0, 0.1) is 5.82 Å². The first-order chi connectivity index (χ1) is 10.1. The monoisotopic (exact) mass is 391 g/mol. The molecular formula is C16H23BrFNS2. The molecule has 1 aliphatic rings. The number of thioether (sulfide) groups is 2. The molecule has 0 spiro atoms. The van der Waals surface area contributed by atoms with Crippen LogP contribution in [-0.4, -0.2) is 34.6 Å². The number of rotatable bonds is 6. The van der Waals surface area contributed by atoms with E-state index in [1.807, 2.05) is 35.7 Å². The van der Waals surface area contributed by atoms with E-state index in [0.717, 1.165) is 29.4 Å². The Balaban J connectivity index is 2.11. The van der Waals surface area contributed by atoms with Crippen LogP contribution in [0.4, 0.5) is 4.39 Å². The Morgan fingerprint density at radius 2 is 2.14 bits per heavy atom. The van der Waals surface area contributed by atoms with Crippen molar-refractivity contribution in [2.24, 2.45) is 0 Å². The van der Waals surface area contributed by atoms with Gasteiger partial charge >= 0.3 is 0 Å². The smallest absolute Gasteiger partial charge is 0.127 e. The summed E-state index contributed by atoms with van der Waals surface area (Å²) in [6.07, 6.45) is 1.87. The van der Waals surface area contributed by atoms with Crippen molar-refractivity contribution >= 4 is 39.5 Å². The molecule has 0 aliphatic carbocycles. The van der Waals surface area contributed by atoms with Gasteiger partial charge in [-0.05, 0) is 37.1 Å². The molecule has 1 aliphatic heterocycles. The van der Waals surface area contributed by atoms with Crippen molar-refractivity contribution in [3.8, 4) is 0 Å². The number of halogens is 2. The van der Waals surface area contributed by atoms with Gasteiger partial charge in [-0.25, -0.2) is 4.39 Å². The van der Waals surface area contributed by atoms with Crippen molar-refractivity contribution in [3.63, 3.8) is 0 Å². The van der Waals surface area contributed by atoms with Crippen molar-refractivity contribution in [2.45, 2.75) is 43.2 Å². The Labute approximate surface area is 144 Å². The number of nitrogens with one attached hydrogen (secondary N) is 1. The summed E-state index contributed by atoms with van der Waals surface area (Å²) in [5, 5.41) is 4.82. The largest absolute Gasteiger partial charge is 0.313 e. The molecule has 3 unspecified atom stereocenters. The predicted octanol–water partition coefficient (Wildman–Crippen LogP) is 4.74. The van der Waals surface area contributed by atoms with E-state index in [2.05, 4.69) is 35.1 Å². The van der Waals surface area contributed by atoms with E-state index in [1.165, 1.54) is 11.5 Å². The van der Waals surface area contributed by atoms with E-state index in [-0.39, 0.29) is 5.82 Å². The van der Waals surface area contributed by atoms with Gasteiger partial charge in [0.25, 0.3) is 0 Å². The highest BCUT2D eigenvalue weighted by molar-refractivity contribution is 9.10. The fourth-order valence-electron chi connectivity index (χ4n) is 2.65. The Hall–Kier alpha value is 0.290. The Kier molecular flexibility index (Phi) is 7.39. The van der Waals surface area contributed by atoms with Crippen LogP contribution < -0.4 is 5.32 Å². The molecule has 0 aromatic heterocycles. The van der Waals surface area contributed by atoms with E-state index in [1.54, 1.807) is 6.07 Å². The Morgan fingerprint density at radius 3 is 2.81 bits per heavy atom. The van der Waals surface area contributed by atoms with E-state index >= 15 is 0 Å². The van der Waals surface area contributed by atoms with Crippen molar-refractivity contribution in [1.29, 1.82) is 0 Å². The van der Waals surface area contributed by atoms with E-state index < -0.39 is 0 Å². The van der Waals surface area contributed by atoms with Crippen LogP contribution in [0.5, 0.6) is 0 Å². The summed E-state index contributed by atoms with van der Waals surface area (Å²) in [4.78, 5) is 0. The normalized spacial score (nSPS) is 24.0. The van der Waals surface area contributed by atoms with Gasteiger partial charge in [0.1, 0.15) is 5.82 Å². The average molecular weight is 392 g/mol. The standard InChI is InChI=1S/C16H23BrFNS2/c1-3-6-19-15(16-11(2)20-7-8-21-16)9-12-4-5-13(17)10-14(12)18/h4-5,10-11,15-16,19H,3,6-9H2,1-2H3. The lowest BCUT2D eigenvalue weighted by Crippen LogP contribution is -2.46. The van der Waals surface area contributed by atoms with Gasteiger partial charge in [0.15, 0.2) is 0 Å². The quantitative estimate of drug-likeness (QED) is 0.751. The number of hydrogen-bond donors (Lipinski definition) is 1. The van der Waals surface area contributed by atoms with Gasteiger partial charge in [-0.15, -0.1) is 0 Å². The van der Waals surface area contributed by atoms with Crippen molar-refractivity contribution in [1.82, 2.24) is 5.32 Å². The lowest BCUT2D eigenvalue weighted by Gasteiger charge is -2.35. The van der Waals surface area contributed by atoms with Gasteiger partial charge in [0, 0.05) is 32.5 Å². The minimum atomic E-state index is -0.103.